The van der Waals surface area contributed by atoms with Crippen molar-refractivity contribution in [1.82, 2.24) is 4.98 Å². The van der Waals surface area contributed by atoms with E-state index in [0.29, 0.717) is 5.02 Å². The van der Waals surface area contributed by atoms with Gasteiger partial charge in [0.05, 0.1) is 16.9 Å². The smallest absolute Gasteiger partial charge is 0.271 e. The van der Waals surface area contributed by atoms with Crippen LogP contribution in [-0.2, 0) is 10.0 Å². The van der Waals surface area contributed by atoms with Gasteiger partial charge in [0.25, 0.3) is 10.0 Å². The highest BCUT2D eigenvalue weighted by molar-refractivity contribution is 14.1. The quantitative estimate of drug-likeness (QED) is 0.547. The van der Waals surface area contributed by atoms with E-state index < -0.39 is 10.0 Å². The van der Waals surface area contributed by atoms with Crippen LogP contribution in [0.15, 0.2) is 59.1 Å². The molecule has 1 N–H and O–H groups in total. The molecule has 23 heavy (non-hydrogen) atoms. The first-order valence-corrected chi connectivity index (χ1v) is 10.2. The van der Waals surface area contributed by atoms with Gasteiger partial charge in [0.2, 0.25) is 0 Å². The summed E-state index contributed by atoms with van der Waals surface area (Å²) < 4.78 is 28.7. The molecule has 3 aromatic rings. The molecular weight excluding hydrogens is 467 g/mol. The Hall–Kier alpha value is -1.16. The number of benzene rings is 1. The lowest BCUT2D eigenvalue weighted by atomic mass is 10.2. The number of aromatic nitrogens is 1. The van der Waals surface area contributed by atoms with Crippen LogP contribution < -0.4 is 4.72 Å². The third-order valence-corrected chi connectivity index (χ3v) is 7.03. The summed E-state index contributed by atoms with van der Waals surface area (Å²) in [6.45, 7) is 0. The molecule has 0 atom stereocenters. The Bertz CT molecular complexity index is 940. The topological polar surface area (TPSA) is 59.1 Å². The molecule has 3 rings (SSSR count). The molecule has 2 aromatic heterocycles. The van der Waals surface area contributed by atoms with Gasteiger partial charge in [-0.15, -0.1) is 11.3 Å². The van der Waals surface area contributed by atoms with Gasteiger partial charge in [-0.1, -0.05) is 23.7 Å². The lowest BCUT2D eigenvalue weighted by molar-refractivity contribution is 0.603. The van der Waals surface area contributed by atoms with Crippen LogP contribution in [0.2, 0.25) is 5.02 Å². The molecule has 0 spiro atoms. The van der Waals surface area contributed by atoms with Gasteiger partial charge in [0, 0.05) is 14.6 Å². The summed E-state index contributed by atoms with van der Waals surface area (Å²) in [6, 6.07) is 12.8. The van der Waals surface area contributed by atoms with Gasteiger partial charge in [-0.05, 0) is 58.5 Å². The second-order valence-electron chi connectivity index (χ2n) is 4.59. The molecule has 0 bridgehead atoms. The molecule has 8 heteroatoms. The van der Waals surface area contributed by atoms with Crippen molar-refractivity contribution in [2.24, 2.45) is 0 Å². The third-order valence-electron chi connectivity index (χ3n) is 2.99. The van der Waals surface area contributed by atoms with Crippen molar-refractivity contribution >= 4 is 61.2 Å². The van der Waals surface area contributed by atoms with Crippen molar-refractivity contribution in [2.45, 2.75) is 4.21 Å². The zero-order chi connectivity index (χ0) is 16.4. The second kappa shape index (κ2) is 6.76. The van der Waals surface area contributed by atoms with Gasteiger partial charge in [-0.2, -0.15) is 0 Å². The minimum atomic E-state index is -3.69. The lowest BCUT2D eigenvalue weighted by Crippen LogP contribution is -2.11. The molecule has 2 heterocycles. The van der Waals surface area contributed by atoms with Crippen LogP contribution in [0.3, 0.4) is 0 Å². The number of pyridine rings is 1. The fourth-order valence-electron chi connectivity index (χ4n) is 1.88. The van der Waals surface area contributed by atoms with Crippen molar-refractivity contribution < 1.29 is 8.42 Å². The van der Waals surface area contributed by atoms with Crippen molar-refractivity contribution in [3.8, 4) is 10.4 Å². The minimum Gasteiger partial charge on any atom is -0.276 e. The summed E-state index contributed by atoms with van der Waals surface area (Å²) in [5.74, 6) is 0. The molecule has 0 unspecified atom stereocenters. The molecule has 4 nitrogen and oxygen atoms in total. The van der Waals surface area contributed by atoms with Crippen LogP contribution in [0.4, 0.5) is 5.69 Å². The number of thiophene rings is 1. The summed E-state index contributed by atoms with van der Waals surface area (Å²) in [4.78, 5) is 4.76. The normalized spacial score (nSPS) is 11.4. The fraction of sp³-hybridized carbons (Fsp3) is 0. The third kappa shape index (κ3) is 3.85. The standard InChI is InChI=1S/C15H10ClIN2O2S2/c16-12-7-8-18-9-13(12)19-23(20,21)15-6-5-14(22-15)10-1-3-11(17)4-2-10/h1-9,19H. The average molecular weight is 477 g/mol. The Balaban J connectivity index is 1.90. The van der Waals surface area contributed by atoms with Gasteiger partial charge in [0.1, 0.15) is 4.21 Å². The summed E-state index contributed by atoms with van der Waals surface area (Å²) in [5, 5.41) is 0.304. The monoisotopic (exact) mass is 476 g/mol. The van der Waals surface area contributed by atoms with Gasteiger partial charge in [0.15, 0.2) is 0 Å². The van der Waals surface area contributed by atoms with E-state index in [9.17, 15) is 8.42 Å². The van der Waals surface area contributed by atoms with E-state index in [1.807, 2.05) is 24.3 Å². The van der Waals surface area contributed by atoms with Crippen LogP contribution in [0.1, 0.15) is 0 Å². The molecule has 0 radical (unpaired) electrons. The number of halogens is 2. The second-order valence-corrected chi connectivity index (χ2v) is 9.23. The zero-order valence-corrected chi connectivity index (χ0v) is 16.1. The van der Waals surface area contributed by atoms with E-state index in [-0.39, 0.29) is 9.90 Å². The predicted molar refractivity (Wildman–Crippen MR) is 103 cm³/mol. The highest BCUT2D eigenvalue weighted by Gasteiger charge is 2.18. The summed E-state index contributed by atoms with van der Waals surface area (Å²) >= 11 is 9.41. The summed E-state index contributed by atoms with van der Waals surface area (Å²) in [7, 11) is -3.69. The average Bonchev–Trinajstić information content (AvgIpc) is 3.01. The maximum Gasteiger partial charge on any atom is 0.271 e. The van der Waals surface area contributed by atoms with Crippen molar-refractivity contribution in [3.05, 3.63) is 63.5 Å². The number of hydrogen-bond acceptors (Lipinski definition) is 4. The fourth-order valence-corrected chi connectivity index (χ4v) is 4.83. The predicted octanol–water partition coefficient (Wildman–Crippen LogP) is 4.87. The van der Waals surface area contributed by atoms with Crippen LogP contribution in [0.5, 0.6) is 0 Å². The van der Waals surface area contributed by atoms with Gasteiger partial charge in [-0.3, -0.25) is 9.71 Å². The molecule has 118 valence electrons. The molecule has 0 aliphatic heterocycles. The van der Waals surface area contributed by atoms with Crippen molar-refractivity contribution in [3.63, 3.8) is 0 Å². The van der Waals surface area contributed by atoms with E-state index in [0.717, 1.165) is 14.0 Å². The van der Waals surface area contributed by atoms with E-state index in [1.54, 1.807) is 12.1 Å². The number of hydrogen-bond donors (Lipinski definition) is 1. The molecule has 0 saturated carbocycles. The number of nitrogens with one attached hydrogen (secondary N) is 1. The minimum absolute atomic E-state index is 0.228. The van der Waals surface area contributed by atoms with Gasteiger partial charge < -0.3 is 0 Å². The number of nitrogens with zero attached hydrogens (tertiary/aromatic N) is 1. The zero-order valence-electron chi connectivity index (χ0n) is 11.5. The Morgan fingerprint density at radius 2 is 1.83 bits per heavy atom. The van der Waals surface area contributed by atoms with E-state index in [2.05, 4.69) is 32.3 Å². The number of rotatable bonds is 4. The van der Waals surface area contributed by atoms with Crippen LogP contribution in [0.25, 0.3) is 10.4 Å². The van der Waals surface area contributed by atoms with Crippen molar-refractivity contribution in [2.75, 3.05) is 4.72 Å². The highest BCUT2D eigenvalue weighted by Crippen LogP contribution is 2.32. The number of anilines is 1. The Labute approximate surface area is 156 Å². The van der Waals surface area contributed by atoms with E-state index in [4.69, 9.17) is 11.6 Å². The van der Waals surface area contributed by atoms with Gasteiger partial charge in [-0.25, -0.2) is 8.42 Å². The van der Waals surface area contributed by atoms with E-state index in [1.165, 1.54) is 29.8 Å². The molecule has 0 amide bonds. The first kappa shape index (κ1) is 16.7. The lowest BCUT2D eigenvalue weighted by Gasteiger charge is -2.07. The van der Waals surface area contributed by atoms with Crippen LogP contribution in [0, 0.1) is 3.57 Å². The highest BCUT2D eigenvalue weighted by atomic mass is 127. The molecule has 0 fully saturated rings. The SMILES string of the molecule is O=S(=O)(Nc1cnccc1Cl)c1ccc(-c2ccc(I)cc2)s1. The molecular formula is C15H10ClIN2O2S2. The first-order valence-electron chi connectivity index (χ1n) is 6.44. The van der Waals surface area contributed by atoms with Crippen LogP contribution >= 0.6 is 45.5 Å². The van der Waals surface area contributed by atoms with Gasteiger partial charge >= 0.3 is 0 Å². The molecule has 0 aliphatic carbocycles. The van der Waals surface area contributed by atoms with E-state index >= 15 is 0 Å². The Kier molecular flexibility index (Phi) is 4.90. The molecule has 0 aliphatic rings. The first-order chi connectivity index (χ1) is 11.0. The van der Waals surface area contributed by atoms with Crippen molar-refractivity contribution in [1.29, 1.82) is 0 Å². The molecule has 1 aromatic carbocycles. The van der Waals surface area contributed by atoms with Crippen LogP contribution in [-0.4, -0.2) is 13.4 Å². The maximum absolute atomic E-state index is 12.5. The number of sulfonamides is 1. The molecule has 0 saturated heterocycles. The maximum atomic E-state index is 12.5. The largest absolute Gasteiger partial charge is 0.276 e. The Morgan fingerprint density at radius 3 is 2.52 bits per heavy atom. The Morgan fingerprint density at radius 1 is 1.09 bits per heavy atom. The summed E-state index contributed by atoms with van der Waals surface area (Å²) in [5.41, 5.74) is 1.25. The summed E-state index contributed by atoms with van der Waals surface area (Å²) in [6.07, 6.45) is 2.88.